The first-order chi connectivity index (χ1) is 6.54. The van der Waals surface area contributed by atoms with E-state index < -0.39 is 0 Å². The van der Waals surface area contributed by atoms with E-state index in [0.29, 0.717) is 11.3 Å². The van der Waals surface area contributed by atoms with Crippen LogP contribution >= 0.6 is 0 Å². The number of rotatable bonds is 1. The largest absolute Gasteiger partial charge is 0.193 e. The van der Waals surface area contributed by atoms with Crippen molar-refractivity contribution in [2.45, 2.75) is 46.5 Å². The third-order valence-electron chi connectivity index (χ3n) is 3.07. The molecule has 0 N–H and O–H groups in total. The van der Waals surface area contributed by atoms with Gasteiger partial charge in [-0.1, -0.05) is 33.3 Å². The molecule has 1 radical (unpaired) electrons. The molecule has 1 fully saturated rings. The Bertz CT molecular complexity index is 239. The van der Waals surface area contributed by atoms with E-state index in [1.807, 2.05) is 0 Å². The molecule has 1 heteroatoms. The Hall–Kier alpha value is -0.770. The molecular formula is C13H20N. The predicted molar refractivity (Wildman–Crippen MR) is 59.4 cm³/mol. The number of hydrogen-bond acceptors (Lipinski definition) is 1. The molecule has 1 aliphatic rings. The molecule has 0 aliphatic heterocycles. The quantitative estimate of drug-likeness (QED) is 0.576. The zero-order valence-corrected chi connectivity index (χ0v) is 9.51. The van der Waals surface area contributed by atoms with Crippen LogP contribution in [0.15, 0.2) is 12.2 Å². The molecule has 1 nitrogen and oxygen atoms in total. The third-order valence-corrected chi connectivity index (χ3v) is 3.07. The van der Waals surface area contributed by atoms with E-state index in [-0.39, 0.29) is 0 Å². The number of allylic oxidation sites excluding steroid dienone is 2. The van der Waals surface area contributed by atoms with E-state index in [0.717, 1.165) is 0 Å². The summed E-state index contributed by atoms with van der Waals surface area (Å²) >= 11 is 0. The fourth-order valence-corrected chi connectivity index (χ4v) is 2.12. The fourth-order valence-electron chi connectivity index (χ4n) is 2.12. The second-order valence-electron chi connectivity index (χ2n) is 5.20. The van der Waals surface area contributed by atoms with E-state index in [1.54, 1.807) is 12.0 Å². The van der Waals surface area contributed by atoms with Gasteiger partial charge < -0.3 is 0 Å². The Morgan fingerprint density at radius 3 is 2.71 bits per heavy atom. The van der Waals surface area contributed by atoms with Crippen molar-refractivity contribution in [2.75, 3.05) is 0 Å². The van der Waals surface area contributed by atoms with E-state index in [2.05, 4.69) is 32.9 Å². The summed E-state index contributed by atoms with van der Waals surface area (Å²) in [6.07, 6.45) is 8.70. The molecule has 0 heterocycles. The maximum absolute atomic E-state index is 8.48. The van der Waals surface area contributed by atoms with E-state index >= 15 is 0 Å². The lowest BCUT2D eigenvalue weighted by molar-refractivity contribution is 0.312. The molecule has 77 valence electrons. The number of nitriles is 1. The zero-order chi connectivity index (χ0) is 10.6. The molecule has 1 atom stereocenters. The lowest BCUT2D eigenvalue weighted by Gasteiger charge is -2.36. The van der Waals surface area contributed by atoms with Crippen LogP contribution in [0.5, 0.6) is 0 Å². The summed E-state index contributed by atoms with van der Waals surface area (Å²) in [4.78, 5) is 0. The minimum Gasteiger partial charge on any atom is -0.193 e. The van der Waals surface area contributed by atoms with Crippen molar-refractivity contribution in [3.05, 3.63) is 18.1 Å². The van der Waals surface area contributed by atoms with Crippen LogP contribution in [-0.4, -0.2) is 0 Å². The highest BCUT2D eigenvalue weighted by atomic mass is 14.3. The summed E-state index contributed by atoms with van der Waals surface area (Å²) in [7, 11) is 0. The highest BCUT2D eigenvalue weighted by Gasteiger charge is 2.29. The summed E-state index contributed by atoms with van der Waals surface area (Å²) in [5.74, 6) is 2.27. The van der Waals surface area contributed by atoms with Crippen LogP contribution in [0.3, 0.4) is 0 Å². The van der Waals surface area contributed by atoms with Crippen LogP contribution < -0.4 is 0 Å². The molecular weight excluding hydrogens is 170 g/mol. The van der Waals surface area contributed by atoms with Crippen LogP contribution in [0.1, 0.15) is 46.5 Å². The van der Waals surface area contributed by atoms with Gasteiger partial charge >= 0.3 is 0 Å². The van der Waals surface area contributed by atoms with Crippen molar-refractivity contribution in [1.82, 2.24) is 0 Å². The Labute approximate surface area is 87.8 Å². The maximum atomic E-state index is 8.48. The first kappa shape index (κ1) is 11.3. The SMILES string of the molecule is CC(C)(C)[C]1CCCC(C=CC#N)C1. The number of hydrogen-bond donors (Lipinski definition) is 0. The Morgan fingerprint density at radius 2 is 2.14 bits per heavy atom. The smallest absolute Gasteiger partial charge is 0.0908 e. The zero-order valence-electron chi connectivity index (χ0n) is 9.51. The minimum atomic E-state index is 0.346. The average Bonchev–Trinajstić information content (AvgIpc) is 2.14. The van der Waals surface area contributed by atoms with Crippen molar-refractivity contribution in [1.29, 1.82) is 5.26 Å². The van der Waals surface area contributed by atoms with Crippen LogP contribution in [0.2, 0.25) is 0 Å². The fraction of sp³-hybridized carbons (Fsp3) is 0.692. The van der Waals surface area contributed by atoms with Crippen LogP contribution in [0.25, 0.3) is 0 Å². The van der Waals surface area contributed by atoms with Gasteiger partial charge in [0.15, 0.2) is 0 Å². The second-order valence-corrected chi connectivity index (χ2v) is 5.20. The Morgan fingerprint density at radius 1 is 1.43 bits per heavy atom. The highest BCUT2D eigenvalue weighted by Crippen LogP contribution is 2.42. The van der Waals surface area contributed by atoms with Gasteiger partial charge in [0.1, 0.15) is 0 Å². The molecule has 14 heavy (non-hydrogen) atoms. The topological polar surface area (TPSA) is 23.8 Å². The van der Waals surface area contributed by atoms with Crippen molar-refractivity contribution in [2.24, 2.45) is 11.3 Å². The van der Waals surface area contributed by atoms with E-state index in [4.69, 9.17) is 5.26 Å². The normalized spacial score (nSPS) is 25.1. The van der Waals surface area contributed by atoms with Gasteiger partial charge in [0.2, 0.25) is 0 Å². The van der Waals surface area contributed by atoms with Crippen molar-refractivity contribution >= 4 is 0 Å². The van der Waals surface area contributed by atoms with Crippen LogP contribution in [0.4, 0.5) is 0 Å². The summed E-state index contributed by atoms with van der Waals surface area (Å²) in [6.45, 7) is 6.87. The standard InChI is InChI=1S/C13H20N/c1-13(2,3)12-8-4-6-11(10-12)7-5-9-14/h5,7,11H,4,6,8,10H2,1-3H3. The number of nitrogens with zero attached hydrogens (tertiary/aromatic N) is 1. The molecule has 1 aliphatic carbocycles. The van der Waals surface area contributed by atoms with Gasteiger partial charge in [-0.25, -0.2) is 0 Å². The van der Waals surface area contributed by atoms with Gasteiger partial charge in [0, 0.05) is 6.08 Å². The second kappa shape index (κ2) is 4.64. The Balaban J connectivity index is 2.53. The Kier molecular flexibility index (Phi) is 3.75. The van der Waals surface area contributed by atoms with E-state index in [9.17, 15) is 0 Å². The molecule has 0 saturated heterocycles. The molecule has 1 unspecified atom stereocenters. The minimum absolute atomic E-state index is 0.346. The van der Waals surface area contributed by atoms with Gasteiger partial charge in [-0.15, -0.1) is 0 Å². The molecule has 0 amide bonds. The van der Waals surface area contributed by atoms with Crippen LogP contribution in [-0.2, 0) is 0 Å². The van der Waals surface area contributed by atoms with Gasteiger partial charge in [-0.05, 0) is 36.5 Å². The first-order valence-corrected chi connectivity index (χ1v) is 5.45. The van der Waals surface area contributed by atoms with Crippen molar-refractivity contribution < 1.29 is 0 Å². The van der Waals surface area contributed by atoms with Gasteiger partial charge in [-0.3, -0.25) is 0 Å². The molecule has 0 aromatic carbocycles. The van der Waals surface area contributed by atoms with Crippen LogP contribution in [0, 0.1) is 28.6 Å². The summed E-state index contributed by atoms with van der Waals surface area (Å²) in [5, 5.41) is 8.48. The maximum Gasteiger partial charge on any atom is 0.0908 e. The van der Waals surface area contributed by atoms with Gasteiger partial charge in [0.05, 0.1) is 6.07 Å². The lowest BCUT2D eigenvalue weighted by Crippen LogP contribution is -2.24. The van der Waals surface area contributed by atoms with Gasteiger partial charge in [-0.2, -0.15) is 5.26 Å². The molecule has 0 bridgehead atoms. The lowest BCUT2D eigenvalue weighted by atomic mass is 9.69. The first-order valence-electron chi connectivity index (χ1n) is 5.45. The molecule has 1 saturated carbocycles. The molecule has 0 aromatic rings. The average molecular weight is 190 g/mol. The summed E-state index contributed by atoms with van der Waals surface area (Å²) in [5.41, 5.74) is 0.346. The molecule has 0 aromatic heterocycles. The molecule has 1 rings (SSSR count). The van der Waals surface area contributed by atoms with Crippen molar-refractivity contribution in [3.63, 3.8) is 0 Å². The summed E-state index contributed by atoms with van der Waals surface area (Å²) < 4.78 is 0. The monoisotopic (exact) mass is 190 g/mol. The molecule has 0 spiro atoms. The van der Waals surface area contributed by atoms with E-state index in [1.165, 1.54) is 25.7 Å². The predicted octanol–water partition coefficient (Wildman–Crippen LogP) is 3.88. The van der Waals surface area contributed by atoms with Gasteiger partial charge in [0.25, 0.3) is 0 Å². The highest BCUT2D eigenvalue weighted by molar-refractivity contribution is 5.11. The van der Waals surface area contributed by atoms with Crippen molar-refractivity contribution in [3.8, 4) is 6.07 Å². The summed E-state index contributed by atoms with van der Waals surface area (Å²) in [6, 6.07) is 2.08. The third kappa shape index (κ3) is 3.18.